The zero-order valence-corrected chi connectivity index (χ0v) is 12.7. The maximum Gasteiger partial charge on any atom is 0.197 e. The average Bonchev–Trinajstić information content (AvgIpc) is 3.27. The molecule has 3 heteroatoms. The van der Waals surface area contributed by atoms with E-state index in [1.807, 2.05) is 36.5 Å². The van der Waals surface area contributed by atoms with Crippen molar-refractivity contribution in [1.82, 2.24) is 4.98 Å². The fourth-order valence-corrected chi connectivity index (χ4v) is 4.10. The Balaban J connectivity index is 2.10. The molecule has 0 saturated heterocycles. The van der Waals surface area contributed by atoms with E-state index in [1.165, 1.54) is 5.22 Å². The molecule has 2 heterocycles. The van der Waals surface area contributed by atoms with E-state index in [-0.39, 0.29) is 5.88 Å². The van der Waals surface area contributed by atoms with Gasteiger partial charge in [0, 0.05) is 32.8 Å². The Kier molecular flexibility index (Phi) is 2.00. The van der Waals surface area contributed by atoms with E-state index in [0.717, 1.165) is 48.3 Å². The first kappa shape index (κ1) is 12.1. The molecule has 0 spiro atoms. The molecule has 0 radical (unpaired) electrons. The molecule has 2 aliphatic rings. The van der Waals surface area contributed by atoms with Gasteiger partial charge in [0.05, 0.1) is 16.4 Å². The molecule has 0 bridgehead atoms. The minimum Gasteiger partial charge on any atom is -0.494 e. The van der Waals surface area contributed by atoms with Crippen LogP contribution in [-0.4, -0.2) is 10.1 Å². The topological polar surface area (TPSA) is 48.4 Å². The van der Waals surface area contributed by atoms with Gasteiger partial charge in [0.1, 0.15) is 0 Å². The highest BCUT2D eigenvalue weighted by atomic mass is 16.3. The first-order valence-corrected chi connectivity index (χ1v) is 7.98. The molecule has 1 aliphatic carbocycles. The first-order valence-electron chi connectivity index (χ1n) is 7.98. The highest BCUT2D eigenvalue weighted by Crippen LogP contribution is 2.37. The van der Waals surface area contributed by atoms with Crippen LogP contribution in [0.4, 0.5) is 5.69 Å². The van der Waals surface area contributed by atoms with Gasteiger partial charge in [-0.05, 0) is 22.6 Å². The summed E-state index contributed by atoms with van der Waals surface area (Å²) in [5.74, 6) is 0.221. The molecule has 0 amide bonds. The molecular weight excluding hydrogens is 296 g/mol. The van der Waals surface area contributed by atoms with Crippen LogP contribution in [0, 0.1) is 20.9 Å². The fraction of sp³-hybridized carbons (Fsp3) is 0. The lowest BCUT2D eigenvalue weighted by Gasteiger charge is -2.02. The molecule has 2 N–H and O–H groups in total. The molecule has 0 unspecified atom stereocenters. The van der Waals surface area contributed by atoms with E-state index in [2.05, 4.69) is 29.3 Å². The Morgan fingerprint density at radius 1 is 0.875 bits per heavy atom. The molecule has 24 heavy (non-hydrogen) atoms. The maximum absolute atomic E-state index is 10.5. The molecule has 6 rings (SSSR count). The van der Waals surface area contributed by atoms with Crippen molar-refractivity contribution in [2.75, 3.05) is 0 Å². The van der Waals surface area contributed by atoms with E-state index >= 15 is 0 Å². The summed E-state index contributed by atoms with van der Waals surface area (Å²) in [6.45, 7) is 0. The summed E-state index contributed by atoms with van der Waals surface area (Å²) < 4.78 is 0. The van der Waals surface area contributed by atoms with Crippen LogP contribution in [0.15, 0.2) is 59.7 Å². The highest BCUT2D eigenvalue weighted by Gasteiger charge is 2.20. The molecule has 1 aromatic heterocycles. The Labute approximate surface area is 135 Å². The Morgan fingerprint density at radius 3 is 2.58 bits per heavy atom. The second-order valence-electron chi connectivity index (χ2n) is 6.30. The van der Waals surface area contributed by atoms with Crippen LogP contribution in [0.2, 0.25) is 0 Å². The van der Waals surface area contributed by atoms with Gasteiger partial charge in [0.2, 0.25) is 0 Å². The molecule has 112 valence electrons. The quantitative estimate of drug-likeness (QED) is 0.445. The summed E-state index contributed by atoms with van der Waals surface area (Å²) in [5, 5.41) is 19.0. The largest absolute Gasteiger partial charge is 0.494 e. The smallest absolute Gasteiger partial charge is 0.197 e. The number of fused-ring (bicyclic) bond motifs is 8. The number of para-hydroxylation sites is 1. The highest BCUT2D eigenvalue weighted by molar-refractivity contribution is 5.96. The van der Waals surface area contributed by atoms with E-state index in [9.17, 15) is 5.11 Å². The lowest BCUT2D eigenvalue weighted by Crippen LogP contribution is -1.97. The van der Waals surface area contributed by atoms with Crippen molar-refractivity contribution >= 4 is 22.5 Å². The van der Waals surface area contributed by atoms with Gasteiger partial charge in [0.25, 0.3) is 0 Å². The summed E-state index contributed by atoms with van der Waals surface area (Å²) in [7, 11) is 0. The van der Waals surface area contributed by atoms with Crippen LogP contribution in [-0.2, 0) is 0 Å². The Hall–Kier alpha value is -3.33. The van der Waals surface area contributed by atoms with E-state index in [1.54, 1.807) is 0 Å². The second-order valence-corrected chi connectivity index (χ2v) is 6.30. The SMILES string of the molecule is Oc1[nH]cc2c3c(c4c(c12)=c1ccccc1=C4)N=c1ccccc1=3. The number of nitrogens with zero attached hydrogens (tertiary/aromatic N) is 1. The minimum atomic E-state index is 0.221. The van der Waals surface area contributed by atoms with Crippen molar-refractivity contribution in [3.63, 3.8) is 0 Å². The van der Waals surface area contributed by atoms with Crippen molar-refractivity contribution in [3.8, 4) is 5.88 Å². The van der Waals surface area contributed by atoms with Crippen LogP contribution in [0.1, 0.15) is 5.56 Å². The minimum absolute atomic E-state index is 0.221. The fourth-order valence-electron chi connectivity index (χ4n) is 4.10. The predicted molar refractivity (Wildman–Crippen MR) is 92.2 cm³/mol. The maximum atomic E-state index is 10.5. The summed E-state index contributed by atoms with van der Waals surface area (Å²) >= 11 is 0. The lowest BCUT2D eigenvalue weighted by atomic mass is 10.0. The third kappa shape index (κ3) is 1.27. The number of nitrogens with one attached hydrogen (secondary N) is 1. The number of benzene rings is 3. The van der Waals surface area contributed by atoms with E-state index in [0.29, 0.717) is 0 Å². The number of aromatic nitrogens is 1. The average molecular weight is 308 g/mol. The molecule has 1 aliphatic heterocycles. The monoisotopic (exact) mass is 308 g/mol. The van der Waals surface area contributed by atoms with Gasteiger partial charge in [-0.15, -0.1) is 0 Å². The molecule has 0 saturated carbocycles. The third-order valence-corrected chi connectivity index (χ3v) is 5.08. The zero-order valence-electron chi connectivity index (χ0n) is 12.7. The van der Waals surface area contributed by atoms with Crippen molar-refractivity contribution < 1.29 is 5.11 Å². The third-order valence-electron chi connectivity index (χ3n) is 5.08. The van der Waals surface area contributed by atoms with Gasteiger partial charge in [-0.3, -0.25) is 0 Å². The van der Waals surface area contributed by atoms with E-state index in [4.69, 9.17) is 4.99 Å². The standard InChI is InChI=1S/C21H12N2O/c24-21-19-15(10-22-21)18-13-7-3-4-8-16(13)23-20(18)14-9-11-5-1-2-6-12(11)17(14)19/h1-10,22,24H. The van der Waals surface area contributed by atoms with Crippen LogP contribution < -0.4 is 10.6 Å². The van der Waals surface area contributed by atoms with Gasteiger partial charge in [-0.1, -0.05) is 42.5 Å². The summed E-state index contributed by atoms with van der Waals surface area (Å²) in [4.78, 5) is 7.90. The van der Waals surface area contributed by atoms with Crippen LogP contribution >= 0.6 is 0 Å². The van der Waals surface area contributed by atoms with Gasteiger partial charge in [-0.25, -0.2) is 4.99 Å². The summed E-state index contributed by atoms with van der Waals surface area (Å²) in [6, 6.07) is 16.5. The predicted octanol–water partition coefficient (Wildman–Crippen LogP) is 2.85. The molecule has 4 aromatic rings. The number of rotatable bonds is 0. The first-order chi connectivity index (χ1) is 11.8. The van der Waals surface area contributed by atoms with Gasteiger partial charge in [-0.2, -0.15) is 0 Å². The molecule has 0 fully saturated rings. The van der Waals surface area contributed by atoms with Gasteiger partial charge < -0.3 is 10.1 Å². The Bertz CT molecular complexity index is 1510. The number of aromatic hydroxyl groups is 1. The lowest BCUT2D eigenvalue weighted by molar-refractivity contribution is 0.462. The summed E-state index contributed by atoms with van der Waals surface area (Å²) in [6.07, 6.45) is 4.08. The van der Waals surface area contributed by atoms with Crippen molar-refractivity contribution in [1.29, 1.82) is 0 Å². The van der Waals surface area contributed by atoms with Gasteiger partial charge >= 0.3 is 0 Å². The molecule has 3 nitrogen and oxygen atoms in total. The second kappa shape index (κ2) is 3.95. The van der Waals surface area contributed by atoms with Crippen LogP contribution in [0.25, 0.3) is 16.8 Å². The van der Waals surface area contributed by atoms with Crippen molar-refractivity contribution in [2.24, 2.45) is 4.99 Å². The molecule has 0 atom stereocenters. The number of hydrogen-bond acceptors (Lipinski definition) is 2. The molecule has 3 aromatic carbocycles. The van der Waals surface area contributed by atoms with Gasteiger partial charge in [0.15, 0.2) is 5.88 Å². The van der Waals surface area contributed by atoms with Crippen LogP contribution in [0.5, 0.6) is 5.88 Å². The van der Waals surface area contributed by atoms with Crippen molar-refractivity contribution in [2.45, 2.75) is 0 Å². The summed E-state index contributed by atoms with van der Waals surface area (Å²) in [5.41, 5.74) is 2.11. The number of H-pyrrole nitrogens is 1. The van der Waals surface area contributed by atoms with E-state index < -0.39 is 0 Å². The van der Waals surface area contributed by atoms with Crippen molar-refractivity contribution in [3.05, 3.63) is 91.7 Å². The number of hydrogen-bond donors (Lipinski definition) is 2. The zero-order chi connectivity index (χ0) is 15.8. The molecular formula is C21H12N2O. The normalized spacial score (nSPS) is 13.0. The van der Waals surface area contributed by atoms with Crippen LogP contribution in [0.3, 0.4) is 0 Å². The number of aromatic amines is 1. The Morgan fingerprint density at radius 2 is 1.67 bits per heavy atom.